The first kappa shape index (κ1) is 14.1. The van der Waals surface area contributed by atoms with Crippen LogP contribution in [0.5, 0.6) is 0 Å². The molecule has 2 aromatic rings. The quantitative estimate of drug-likeness (QED) is 0.880. The van der Waals surface area contributed by atoms with Gasteiger partial charge in [-0.05, 0) is 37.1 Å². The summed E-state index contributed by atoms with van der Waals surface area (Å²) in [4.78, 5) is 14.2. The minimum atomic E-state index is -0.0976. The van der Waals surface area contributed by atoms with Crippen LogP contribution in [0.4, 0.5) is 16.2 Å². The number of anilines is 2. The number of aryl methyl sites for hydroxylation is 1. The fraction of sp³-hybridized carbons (Fsp3) is 0.235. The molecule has 0 bridgehead atoms. The van der Waals surface area contributed by atoms with Gasteiger partial charge in [0.2, 0.25) is 0 Å². The molecule has 0 aliphatic heterocycles. The van der Waals surface area contributed by atoms with Gasteiger partial charge in [-0.1, -0.05) is 43.3 Å². The largest absolute Gasteiger partial charge is 0.326 e. The van der Waals surface area contributed by atoms with Gasteiger partial charge in [-0.15, -0.1) is 0 Å². The Hall–Kier alpha value is -2.29. The third-order valence-corrected chi connectivity index (χ3v) is 3.27. The number of rotatable bonds is 4. The topological polar surface area (TPSA) is 32.3 Å². The highest BCUT2D eigenvalue weighted by molar-refractivity contribution is 6.02. The molecule has 104 valence electrons. The zero-order valence-corrected chi connectivity index (χ0v) is 12.0. The Morgan fingerprint density at radius 2 is 1.65 bits per heavy atom. The summed E-state index contributed by atoms with van der Waals surface area (Å²) in [5.41, 5.74) is 2.93. The summed E-state index contributed by atoms with van der Waals surface area (Å²) in [5.74, 6) is 0. The SMILES string of the molecule is CCc1ccccc1NC(=O)N(CC)c1ccccc1. The Balaban J connectivity index is 2.18. The lowest BCUT2D eigenvalue weighted by Crippen LogP contribution is -2.34. The molecule has 2 amide bonds. The second kappa shape index (κ2) is 6.75. The number of carbonyl (C=O) groups is 1. The van der Waals surface area contributed by atoms with Gasteiger partial charge in [0.15, 0.2) is 0 Å². The van der Waals surface area contributed by atoms with Crippen molar-refractivity contribution < 1.29 is 4.79 Å². The average molecular weight is 268 g/mol. The van der Waals surface area contributed by atoms with Gasteiger partial charge in [-0.3, -0.25) is 4.90 Å². The van der Waals surface area contributed by atoms with Crippen LogP contribution in [0, 0.1) is 0 Å². The number of urea groups is 1. The highest BCUT2D eigenvalue weighted by Gasteiger charge is 2.14. The first-order valence-corrected chi connectivity index (χ1v) is 6.97. The number of nitrogens with zero attached hydrogens (tertiary/aromatic N) is 1. The van der Waals surface area contributed by atoms with E-state index in [1.165, 1.54) is 0 Å². The molecule has 0 unspecified atom stereocenters. The number of benzene rings is 2. The van der Waals surface area contributed by atoms with Crippen molar-refractivity contribution in [3.63, 3.8) is 0 Å². The van der Waals surface area contributed by atoms with Crippen molar-refractivity contribution in [3.8, 4) is 0 Å². The van der Waals surface area contributed by atoms with Gasteiger partial charge in [0.05, 0.1) is 0 Å². The van der Waals surface area contributed by atoms with Crippen LogP contribution in [0.15, 0.2) is 54.6 Å². The fourth-order valence-corrected chi connectivity index (χ4v) is 2.18. The van der Waals surface area contributed by atoms with E-state index in [2.05, 4.69) is 12.2 Å². The fourth-order valence-electron chi connectivity index (χ4n) is 2.18. The van der Waals surface area contributed by atoms with Gasteiger partial charge in [0.25, 0.3) is 0 Å². The van der Waals surface area contributed by atoms with Crippen LogP contribution >= 0.6 is 0 Å². The highest BCUT2D eigenvalue weighted by Crippen LogP contribution is 2.18. The third kappa shape index (κ3) is 3.18. The van der Waals surface area contributed by atoms with Gasteiger partial charge in [0.1, 0.15) is 0 Å². The van der Waals surface area contributed by atoms with Crippen molar-refractivity contribution in [2.24, 2.45) is 0 Å². The number of amides is 2. The van der Waals surface area contributed by atoms with Crippen LogP contribution in [-0.4, -0.2) is 12.6 Å². The zero-order valence-electron chi connectivity index (χ0n) is 12.0. The number of hydrogen-bond acceptors (Lipinski definition) is 1. The molecule has 0 heterocycles. The Morgan fingerprint density at radius 3 is 2.30 bits per heavy atom. The Kier molecular flexibility index (Phi) is 4.77. The van der Waals surface area contributed by atoms with Gasteiger partial charge in [0, 0.05) is 17.9 Å². The van der Waals surface area contributed by atoms with Crippen molar-refractivity contribution in [2.75, 3.05) is 16.8 Å². The van der Waals surface area contributed by atoms with E-state index in [-0.39, 0.29) is 6.03 Å². The monoisotopic (exact) mass is 268 g/mol. The van der Waals surface area contributed by atoms with E-state index in [1.54, 1.807) is 4.90 Å². The highest BCUT2D eigenvalue weighted by atomic mass is 16.2. The van der Waals surface area contributed by atoms with Crippen LogP contribution in [0.25, 0.3) is 0 Å². The predicted octanol–water partition coefficient (Wildman–Crippen LogP) is 4.31. The number of nitrogens with one attached hydrogen (secondary N) is 1. The molecule has 2 rings (SSSR count). The lowest BCUT2D eigenvalue weighted by Gasteiger charge is -2.22. The summed E-state index contributed by atoms with van der Waals surface area (Å²) in [7, 11) is 0. The number of para-hydroxylation sites is 2. The van der Waals surface area contributed by atoms with Crippen LogP contribution in [0.1, 0.15) is 19.4 Å². The average Bonchev–Trinajstić information content (AvgIpc) is 2.49. The molecule has 0 saturated heterocycles. The molecule has 3 heteroatoms. The minimum absolute atomic E-state index is 0.0976. The Morgan fingerprint density at radius 1 is 1.00 bits per heavy atom. The lowest BCUT2D eigenvalue weighted by molar-refractivity contribution is 0.257. The molecule has 0 aliphatic rings. The molecule has 0 atom stereocenters. The summed E-state index contributed by atoms with van der Waals surface area (Å²) in [6.45, 7) is 4.68. The van der Waals surface area contributed by atoms with E-state index in [4.69, 9.17) is 0 Å². The summed E-state index contributed by atoms with van der Waals surface area (Å²) in [6.07, 6.45) is 0.897. The standard InChI is InChI=1S/C17H20N2O/c1-3-14-10-8-9-13-16(14)18-17(20)19(4-2)15-11-6-5-7-12-15/h5-13H,3-4H2,1-2H3,(H,18,20). The van der Waals surface area contributed by atoms with E-state index < -0.39 is 0 Å². The second-order valence-corrected chi connectivity index (χ2v) is 4.52. The van der Waals surface area contributed by atoms with Crippen molar-refractivity contribution in [3.05, 3.63) is 60.2 Å². The lowest BCUT2D eigenvalue weighted by atomic mass is 10.1. The molecule has 3 nitrogen and oxygen atoms in total. The molecule has 0 spiro atoms. The molecule has 0 aromatic heterocycles. The zero-order chi connectivity index (χ0) is 14.4. The van der Waals surface area contributed by atoms with Crippen molar-refractivity contribution in [1.29, 1.82) is 0 Å². The number of hydrogen-bond donors (Lipinski definition) is 1. The molecule has 2 aromatic carbocycles. The summed E-state index contributed by atoms with van der Waals surface area (Å²) < 4.78 is 0. The number of carbonyl (C=O) groups excluding carboxylic acids is 1. The van der Waals surface area contributed by atoms with Gasteiger partial charge in [-0.2, -0.15) is 0 Å². The molecular formula is C17H20N2O. The molecule has 20 heavy (non-hydrogen) atoms. The van der Waals surface area contributed by atoms with Crippen LogP contribution in [0.3, 0.4) is 0 Å². The van der Waals surface area contributed by atoms with E-state index in [0.29, 0.717) is 6.54 Å². The molecule has 0 saturated carbocycles. The van der Waals surface area contributed by atoms with Crippen LogP contribution in [0.2, 0.25) is 0 Å². The minimum Gasteiger partial charge on any atom is -0.307 e. The van der Waals surface area contributed by atoms with Gasteiger partial charge < -0.3 is 5.32 Å². The normalized spacial score (nSPS) is 10.1. The van der Waals surface area contributed by atoms with Crippen molar-refractivity contribution in [2.45, 2.75) is 20.3 Å². The molecule has 0 fully saturated rings. The van der Waals surface area contributed by atoms with Crippen molar-refractivity contribution >= 4 is 17.4 Å². The summed E-state index contributed by atoms with van der Waals surface area (Å²) in [6, 6.07) is 17.5. The maximum Gasteiger partial charge on any atom is 0.326 e. The van der Waals surface area contributed by atoms with Gasteiger partial charge in [-0.25, -0.2) is 4.79 Å². The van der Waals surface area contributed by atoms with Gasteiger partial charge >= 0.3 is 6.03 Å². The second-order valence-electron chi connectivity index (χ2n) is 4.52. The van der Waals surface area contributed by atoms with E-state index in [0.717, 1.165) is 23.4 Å². The predicted molar refractivity (Wildman–Crippen MR) is 84.3 cm³/mol. The molecule has 1 N–H and O–H groups in total. The summed E-state index contributed by atoms with van der Waals surface area (Å²) >= 11 is 0. The maximum atomic E-state index is 12.4. The smallest absolute Gasteiger partial charge is 0.307 e. The first-order valence-electron chi connectivity index (χ1n) is 6.97. The third-order valence-electron chi connectivity index (χ3n) is 3.27. The Labute approximate surface area is 120 Å². The van der Waals surface area contributed by atoms with E-state index in [9.17, 15) is 4.79 Å². The van der Waals surface area contributed by atoms with Crippen LogP contribution in [-0.2, 0) is 6.42 Å². The van der Waals surface area contributed by atoms with Crippen molar-refractivity contribution in [1.82, 2.24) is 0 Å². The summed E-state index contributed by atoms with van der Waals surface area (Å²) in [5, 5.41) is 3.00. The van der Waals surface area contributed by atoms with Crippen LogP contribution < -0.4 is 10.2 Å². The molecule has 0 aliphatic carbocycles. The first-order chi connectivity index (χ1) is 9.76. The maximum absolute atomic E-state index is 12.4. The Bertz CT molecular complexity index is 566. The van der Waals surface area contributed by atoms with E-state index >= 15 is 0 Å². The molecule has 0 radical (unpaired) electrons. The molecular weight excluding hydrogens is 248 g/mol. The van der Waals surface area contributed by atoms with E-state index in [1.807, 2.05) is 61.5 Å².